The number of benzene rings is 2. The molecule has 0 aliphatic rings. The van der Waals surface area contributed by atoms with E-state index < -0.39 is 0 Å². The van der Waals surface area contributed by atoms with Crippen LogP contribution in [0.4, 0.5) is 10.8 Å². The maximum atomic E-state index is 12.3. The second-order valence-corrected chi connectivity index (χ2v) is 6.48. The van der Waals surface area contributed by atoms with Crippen LogP contribution in [0, 0.1) is 11.3 Å². The number of hydrogen-bond donors (Lipinski definition) is 1. The Balaban J connectivity index is 1.72. The van der Waals surface area contributed by atoms with Crippen molar-refractivity contribution in [2.45, 2.75) is 0 Å². The number of nitriles is 1. The van der Waals surface area contributed by atoms with Crippen molar-refractivity contribution in [3.63, 3.8) is 0 Å². The first-order valence-electron chi connectivity index (χ1n) is 7.61. The summed E-state index contributed by atoms with van der Waals surface area (Å²) >= 11 is 1.37. The SMILES string of the molecule is CN(C)c1ccc(C(=O)Nc2nc(-c3ccc(C#N)cc3)cs2)cc1. The van der Waals surface area contributed by atoms with E-state index in [-0.39, 0.29) is 5.91 Å². The van der Waals surface area contributed by atoms with Crippen LogP contribution < -0.4 is 10.2 Å². The van der Waals surface area contributed by atoms with Crippen molar-refractivity contribution in [2.75, 3.05) is 24.3 Å². The number of aromatic nitrogens is 1. The standard InChI is InChI=1S/C19H16N4OS/c1-23(2)16-9-7-15(8-10-16)18(24)22-19-21-17(12-25-19)14-5-3-13(11-20)4-6-14/h3-10,12H,1-2H3,(H,21,22,24). The lowest BCUT2D eigenvalue weighted by Crippen LogP contribution is -2.13. The summed E-state index contributed by atoms with van der Waals surface area (Å²) in [4.78, 5) is 18.8. The van der Waals surface area contributed by atoms with E-state index in [2.05, 4.69) is 16.4 Å². The molecule has 6 heteroatoms. The largest absolute Gasteiger partial charge is 0.378 e. The van der Waals surface area contributed by atoms with Gasteiger partial charge in [-0.1, -0.05) is 12.1 Å². The molecule has 25 heavy (non-hydrogen) atoms. The lowest BCUT2D eigenvalue weighted by molar-refractivity contribution is 0.102. The molecule has 5 nitrogen and oxygen atoms in total. The highest BCUT2D eigenvalue weighted by Crippen LogP contribution is 2.25. The van der Waals surface area contributed by atoms with E-state index in [0.29, 0.717) is 16.3 Å². The summed E-state index contributed by atoms with van der Waals surface area (Å²) in [6, 6.07) is 16.7. The van der Waals surface area contributed by atoms with E-state index in [9.17, 15) is 4.79 Å². The maximum Gasteiger partial charge on any atom is 0.257 e. The first-order chi connectivity index (χ1) is 12.1. The molecule has 1 N–H and O–H groups in total. The molecule has 1 aromatic heterocycles. The third kappa shape index (κ3) is 3.84. The number of nitrogens with one attached hydrogen (secondary N) is 1. The van der Waals surface area contributed by atoms with Crippen molar-refractivity contribution in [3.05, 3.63) is 65.0 Å². The first kappa shape index (κ1) is 16.7. The van der Waals surface area contributed by atoms with Gasteiger partial charge in [-0.25, -0.2) is 4.98 Å². The predicted molar refractivity (Wildman–Crippen MR) is 101 cm³/mol. The molecule has 0 radical (unpaired) electrons. The molecular formula is C19H16N4OS. The van der Waals surface area contributed by atoms with Gasteiger partial charge in [0.15, 0.2) is 5.13 Å². The van der Waals surface area contributed by atoms with Crippen LogP contribution in [0.5, 0.6) is 0 Å². The highest BCUT2D eigenvalue weighted by atomic mass is 32.1. The van der Waals surface area contributed by atoms with Gasteiger partial charge >= 0.3 is 0 Å². The van der Waals surface area contributed by atoms with E-state index in [1.165, 1.54) is 11.3 Å². The molecule has 2 aromatic carbocycles. The Labute approximate surface area is 150 Å². The third-order valence-electron chi connectivity index (χ3n) is 3.68. The van der Waals surface area contributed by atoms with Gasteiger partial charge in [-0.3, -0.25) is 10.1 Å². The Morgan fingerprint density at radius 1 is 1.12 bits per heavy atom. The van der Waals surface area contributed by atoms with Gasteiger partial charge in [0.25, 0.3) is 5.91 Å². The highest BCUT2D eigenvalue weighted by Gasteiger charge is 2.10. The highest BCUT2D eigenvalue weighted by molar-refractivity contribution is 7.14. The summed E-state index contributed by atoms with van der Waals surface area (Å²) in [5.41, 5.74) is 3.90. The molecule has 0 unspecified atom stereocenters. The van der Waals surface area contributed by atoms with Crippen molar-refractivity contribution in [1.82, 2.24) is 4.98 Å². The van der Waals surface area contributed by atoms with Gasteiger partial charge in [0, 0.05) is 36.3 Å². The molecule has 0 spiro atoms. The molecule has 1 heterocycles. The molecular weight excluding hydrogens is 332 g/mol. The predicted octanol–water partition coefficient (Wildman–Crippen LogP) is 4.00. The van der Waals surface area contributed by atoms with Crippen molar-refractivity contribution < 1.29 is 4.79 Å². The van der Waals surface area contributed by atoms with Gasteiger partial charge in [0.1, 0.15) is 0 Å². The van der Waals surface area contributed by atoms with Crippen LogP contribution in [0.25, 0.3) is 11.3 Å². The Morgan fingerprint density at radius 2 is 1.80 bits per heavy atom. The monoisotopic (exact) mass is 348 g/mol. The fraction of sp³-hybridized carbons (Fsp3) is 0.105. The van der Waals surface area contributed by atoms with E-state index in [4.69, 9.17) is 5.26 Å². The molecule has 3 rings (SSSR count). The average Bonchev–Trinajstić information content (AvgIpc) is 3.10. The Morgan fingerprint density at radius 3 is 2.40 bits per heavy atom. The van der Waals surface area contributed by atoms with Crippen LogP contribution in [0.1, 0.15) is 15.9 Å². The molecule has 1 amide bonds. The summed E-state index contributed by atoms with van der Waals surface area (Å²) in [6.45, 7) is 0. The summed E-state index contributed by atoms with van der Waals surface area (Å²) in [7, 11) is 3.91. The second kappa shape index (κ2) is 7.16. The van der Waals surface area contributed by atoms with E-state index >= 15 is 0 Å². The van der Waals surface area contributed by atoms with Crippen molar-refractivity contribution in [1.29, 1.82) is 5.26 Å². The van der Waals surface area contributed by atoms with Crippen LogP contribution in [0.15, 0.2) is 53.9 Å². The van der Waals surface area contributed by atoms with Gasteiger partial charge in [0.2, 0.25) is 0 Å². The van der Waals surface area contributed by atoms with Gasteiger partial charge in [-0.2, -0.15) is 5.26 Å². The number of amides is 1. The molecule has 0 aliphatic heterocycles. The van der Waals surface area contributed by atoms with Crippen LogP contribution in [-0.2, 0) is 0 Å². The summed E-state index contributed by atoms with van der Waals surface area (Å²) in [5.74, 6) is -0.189. The van der Waals surface area contributed by atoms with Gasteiger partial charge < -0.3 is 4.90 Å². The fourth-order valence-corrected chi connectivity index (χ4v) is 2.97. The van der Waals surface area contributed by atoms with Crippen LogP contribution >= 0.6 is 11.3 Å². The molecule has 0 aliphatic carbocycles. The molecule has 0 saturated heterocycles. The molecule has 0 saturated carbocycles. The topological polar surface area (TPSA) is 69.0 Å². The zero-order valence-electron chi connectivity index (χ0n) is 13.9. The number of thiazole rings is 1. The number of anilines is 2. The number of hydrogen-bond acceptors (Lipinski definition) is 5. The smallest absolute Gasteiger partial charge is 0.257 e. The maximum absolute atomic E-state index is 12.3. The van der Waals surface area contributed by atoms with Gasteiger partial charge in [-0.05, 0) is 36.4 Å². The van der Waals surface area contributed by atoms with E-state index in [1.54, 1.807) is 24.3 Å². The lowest BCUT2D eigenvalue weighted by atomic mass is 10.1. The molecule has 0 bridgehead atoms. The number of carbonyl (C=O) groups is 1. The molecule has 124 valence electrons. The second-order valence-electron chi connectivity index (χ2n) is 5.62. The first-order valence-corrected chi connectivity index (χ1v) is 8.49. The Bertz CT molecular complexity index is 921. The minimum absolute atomic E-state index is 0.189. The van der Waals surface area contributed by atoms with Crippen LogP contribution in [-0.4, -0.2) is 25.0 Å². The minimum Gasteiger partial charge on any atom is -0.378 e. The summed E-state index contributed by atoms with van der Waals surface area (Å²) in [5, 5.41) is 14.1. The van der Waals surface area contributed by atoms with E-state index in [0.717, 1.165) is 16.9 Å². The van der Waals surface area contributed by atoms with E-state index in [1.807, 2.05) is 48.6 Å². The fourth-order valence-electron chi connectivity index (χ4n) is 2.26. The Hall–Kier alpha value is -3.17. The quantitative estimate of drug-likeness (QED) is 0.774. The summed E-state index contributed by atoms with van der Waals surface area (Å²) in [6.07, 6.45) is 0. The zero-order chi connectivity index (χ0) is 17.8. The Kier molecular flexibility index (Phi) is 4.78. The zero-order valence-corrected chi connectivity index (χ0v) is 14.7. The van der Waals surface area contributed by atoms with Crippen molar-refractivity contribution >= 4 is 28.1 Å². The lowest BCUT2D eigenvalue weighted by Gasteiger charge is -2.12. The third-order valence-corrected chi connectivity index (χ3v) is 4.44. The number of carbonyl (C=O) groups excluding carboxylic acids is 1. The normalized spacial score (nSPS) is 10.1. The molecule has 0 atom stereocenters. The number of nitrogens with zero attached hydrogens (tertiary/aromatic N) is 3. The van der Waals surface area contributed by atoms with Crippen molar-refractivity contribution in [2.24, 2.45) is 0 Å². The van der Waals surface area contributed by atoms with Crippen LogP contribution in [0.3, 0.4) is 0 Å². The average molecular weight is 348 g/mol. The summed E-state index contributed by atoms with van der Waals surface area (Å²) < 4.78 is 0. The molecule has 3 aromatic rings. The van der Waals surface area contributed by atoms with Gasteiger partial charge in [-0.15, -0.1) is 11.3 Å². The van der Waals surface area contributed by atoms with Gasteiger partial charge in [0.05, 0.1) is 17.3 Å². The molecule has 0 fully saturated rings. The number of rotatable bonds is 4. The minimum atomic E-state index is -0.189. The van der Waals surface area contributed by atoms with Crippen molar-refractivity contribution in [3.8, 4) is 17.3 Å². The van der Waals surface area contributed by atoms with Crippen LogP contribution in [0.2, 0.25) is 0 Å².